The maximum atomic E-state index is 11.6. The van der Waals surface area contributed by atoms with E-state index in [1.54, 1.807) is 0 Å². The Bertz CT molecular complexity index is 255. The zero-order valence-electron chi connectivity index (χ0n) is 8.20. The number of rotatable bonds is 4. The summed E-state index contributed by atoms with van der Waals surface area (Å²) in [4.78, 5) is 24.7. The first-order valence-corrected chi connectivity index (χ1v) is 6.22. The van der Waals surface area contributed by atoms with E-state index in [0.29, 0.717) is 12.5 Å². The minimum absolute atomic E-state index is 0.0512. The van der Waals surface area contributed by atoms with Gasteiger partial charge >= 0.3 is 0 Å². The summed E-state index contributed by atoms with van der Waals surface area (Å²) >= 11 is 3.40. The van der Waals surface area contributed by atoms with E-state index >= 15 is 0 Å². The zero-order chi connectivity index (χ0) is 10.3. The fourth-order valence-corrected chi connectivity index (χ4v) is 2.64. The quantitative estimate of drug-likeness (QED) is 0.566. The van der Waals surface area contributed by atoms with Gasteiger partial charge in [0.15, 0.2) is 0 Å². The molecule has 4 heteroatoms. The fourth-order valence-electron chi connectivity index (χ4n) is 1.97. The van der Waals surface area contributed by atoms with Crippen molar-refractivity contribution in [1.82, 2.24) is 4.90 Å². The van der Waals surface area contributed by atoms with E-state index in [4.69, 9.17) is 0 Å². The Morgan fingerprint density at radius 3 is 2.43 bits per heavy atom. The zero-order valence-corrected chi connectivity index (χ0v) is 9.79. The second-order valence-corrected chi connectivity index (χ2v) is 4.81. The highest BCUT2D eigenvalue weighted by molar-refractivity contribution is 9.09. The molecule has 2 aliphatic rings. The van der Waals surface area contributed by atoms with E-state index in [1.165, 1.54) is 4.90 Å². The Kier molecular flexibility index (Phi) is 2.64. The van der Waals surface area contributed by atoms with E-state index < -0.39 is 0 Å². The van der Waals surface area contributed by atoms with Gasteiger partial charge in [-0.1, -0.05) is 29.3 Å². The standard InChI is InChI=1S/C10H14BrNO2/c1-2-6(4-11)5-12-9(13)7-3-8(7)10(12)14/h6-8H,2-5H2,1H3. The molecule has 0 aromatic rings. The summed E-state index contributed by atoms with van der Waals surface area (Å²) in [6, 6.07) is 0. The number of alkyl halides is 1. The van der Waals surface area contributed by atoms with Crippen LogP contribution < -0.4 is 0 Å². The minimum atomic E-state index is 0.0512. The van der Waals surface area contributed by atoms with Gasteiger partial charge in [0.1, 0.15) is 0 Å². The predicted octanol–water partition coefficient (Wildman–Crippen LogP) is 1.41. The summed E-state index contributed by atoms with van der Waals surface area (Å²) in [5.74, 6) is 0.643. The normalized spacial score (nSPS) is 32.0. The van der Waals surface area contributed by atoms with Crippen molar-refractivity contribution in [1.29, 1.82) is 0 Å². The van der Waals surface area contributed by atoms with Crippen LogP contribution in [0.4, 0.5) is 0 Å². The van der Waals surface area contributed by atoms with E-state index in [1.807, 2.05) is 0 Å². The Labute approximate surface area is 92.0 Å². The number of fused-ring (bicyclic) bond motifs is 1. The van der Waals surface area contributed by atoms with Gasteiger partial charge < -0.3 is 0 Å². The monoisotopic (exact) mass is 259 g/mol. The molecular weight excluding hydrogens is 246 g/mol. The first kappa shape index (κ1) is 10.1. The van der Waals surface area contributed by atoms with Gasteiger partial charge in [-0.25, -0.2) is 0 Å². The highest BCUT2D eigenvalue weighted by Crippen LogP contribution is 2.47. The second kappa shape index (κ2) is 3.65. The molecule has 1 aliphatic heterocycles. The van der Waals surface area contributed by atoms with Gasteiger partial charge in [0.25, 0.3) is 0 Å². The number of likely N-dealkylation sites (tertiary alicyclic amines) is 1. The minimum Gasteiger partial charge on any atom is -0.282 e. The smallest absolute Gasteiger partial charge is 0.233 e. The summed E-state index contributed by atoms with van der Waals surface area (Å²) in [5.41, 5.74) is 0. The first-order chi connectivity index (χ1) is 6.69. The number of hydrogen-bond donors (Lipinski definition) is 0. The van der Waals surface area contributed by atoms with Crippen molar-refractivity contribution in [3.63, 3.8) is 0 Å². The molecule has 2 amide bonds. The lowest BCUT2D eigenvalue weighted by atomic mass is 10.1. The van der Waals surface area contributed by atoms with Crippen molar-refractivity contribution in [2.45, 2.75) is 19.8 Å². The maximum absolute atomic E-state index is 11.6. The average Bonchev–Trinajstić information content (AvgIpc) is 2.93. The molecule has 3 unspecified atom stereocenters. The van der Waals surface area contributed by atoms with Gasteiger partial charge in [-0.3, -0.25) is 14.5 Å². The third-order valence-electron chi connectivity index (χ3n) is 3.19. The van der Waals surface area contributed by atoms with Crippen LogP contribution in [0.5, 0.6) is 0 Å². The van der Waals surface area contributed by atoms with Crippen molar-refractivity contribution in [3.8, 4) is 0 Å². The molecule has 3 atom stereocenters. The highest BCUT2D eigenvalue weighted by atomic mass is 79.9. The molecule has 0 spiro atoms. The first-order valence-electron chi connectivity index (χ1n) is 5.10. The Hall–Kier alpha value is -0.380. The third kappa shape index (κ3) is 1.49. The topological polar surface area (TPSA) is 37.4 Å². The van der Waals surface area contributed by atoms with Gasteiger partial charge in [0.2, 0.25) is 11.8 Å². The number of nitrogens with zero attached hydrogens (tertiary/aromatic N) is 1. The van der Waals surface area contributed by atoms with Gasteiger partial charge in [-0.15, -0.1) is 0 Å². The highest BCUT2D eigenvalue weighted by Gasteiger charge is 2.58. The maximum Gasteiger partial charge on any atom is 0.233 e. The molecule has 78 valence electrons. The SMILES string of the molecule is CCC(CBr)CN1C(=O)C2CC2C1=O. The van der Waals surface area contributed by atoms with Crippen LogP contribution in [-0.4, -0.2) is 28.6 Å². The number of carbonyl (C=O) groups is 2. The molecule has 14 heavy (non-hydrogen) atoms. The molecule has 0 aromatic carbocycles. The molecule has 0 bridgehead atoms. The van der Waals surface area contributed by atoms with Crippen molar-refractivity contribution in [2.75, 3.05) is 11.9 Å². The van der Waals surface area contributed by atoms with Crippen LogP contribution in [0.3, 0.4) is 0 Å². The molecule has 0 aromatic heterocycles. The molecule has 0 N–H and O–H groups in total. The van der Waals surface area contributed by atoms with Crippen molar-refractivity contribution >= 4 is 27.7 Å². The number of piperidine rings is 1. The van der Waals surface area contributed by atoms with E-state index in [9.17, 15) is 9.59 Å². The Balaban J connectivity index is 1.98. The van der Waals surface area contributed by atoms with Gasteiger partial charge in [-0.05, 0) is 12.3 Å². The van der Waals surface area contributed by atoms with Crippen LogP contribution in [0.25, 0.3) is 0 Å². The summed E-state index contributed by atoms with van der Waals surface area (Å²) in [6.07, 6.45) is 1.80. The molecule has 1 saturated heterocycles. The lowest BCUT2D eigenvalue weighted by molar-refractivity contribution is -0.141. The van der Waals surface area contributed by atoms with E-state index in [2.05, 4.69) is 22.9 Å². The largest absolute Gasteiger partial charge is 0.282 e. The Morgan fingerprint density at radius 2 is 2.00 bits per heavy atom. The van der Waals surface area contributed by atoms with Gasteiger partial charge in [0, 0.05) is 11.9 Å². The van der Waals surface area contributed by atoms with Crippen molar-refractivity contribution in [2.24, 2.45) is 17.8 Å². The van der Waals surface area contributed by atoms with Crippen LogP contribution in [0.1, 0.15) is 19.8 Å². The Morgan fingerprint density at radius 1 is 1.43 bits per heavy atom. The molecule has 1 heterocycles. The van der Waals surface area contributed by atoms with Crippen LogP contribution in [0, 0.1) is 17.8 Å². The summed E-state index contributed by atoms with van der Waals surface area (Å²) in [7, 11) is 0. The fraction of sp³-hybridized carbons (Fsp3) is 0.800. The van der Waals surface area contributed by atoms with Crippen LogP contribution in [-0.2, 0) is 9.59 Å². The lowest BCUT2D eigenvalue weighted by Crippen LogP contribution is -2.37. The molecule has 0 radical (unpaired) electrons. The number of carbonyl (C=O) groups excluding carboxylic acids is 2. The van der Waals surface area contributed by atoms with E-state index in [0.717, 1.165) is 18.2 Å². The van der Waals surface area contributed by atoms with Crippen LogP contribution in [0.15, 0.2) is 0 Å². The molecule has 2 rings (SSSR count). The molecule has 1 aliphatic carbocycles. The number of halogens is 1. The molecule has 3 nitrogen and oxygen atoms in total. The van der Waals surface area contributed by atoms with Crippen LogP contribution >= 0.6 is 15.9 Å². The number of amides is 2. The van der Waals surface area contributed by atoms with Crippen molar-refractivity contribution < 1.29 is 9.59 Å². The second-order valence-electron chi connectivity index (χ2n) is 4.16. The third-order valence-corrected chi connectivity index (χ3v) is 4.11. The molecule has 1 saturated carbocycles. The van der Waals surface area contributed by atoms with E-state index in [-0.39, 0.29) is 23.7 Å². The van der Waals surface area contributed by atoms with Crippen molar-refractivity contribution in [3.05, 3.63) is 0 Å². The average molecular weight is 260 g/mol. The number of imide groups is 1. The predicted molar refractivity (Wildman–Crippen MR) is 55.9 cm³/mol. The summed E-state index contributed by atoms with van der Waals surface area (Å²) < 4.78 is 0. The molecular formula is C10H14BrNO2. The van der Waals surface area contributed by atoms with Crippen LogP contribution in [0.2, 0.25) is 0 Å². The summed E-state index contributed by atoms with van der Waals surface area (Å²) in [6.45, 7) is 2.68. The van der Waals surface area contributed by atoms with Gasteiger partial charge in [-0.2, -0.15) is 0 Å². The van der Waals surface area contributed by atoms with Gasteiger partial charge in [0.05, 0.1) is 11.8 Å². The summed E-state index contributed by atoms with van der Waals surface area (Å²) in [5, 5.41) is 0.857. The number of hydrogen-bond acceptors (Lipinski definition) is 2. The molecule has 2 fully saturated rings. The lowest BCUT2D eigenvalue weighted by Gasteiger charge is -2.21.